The van der Waals surface area contributed by atoms with E-state index in [2.05, 4.69) is 11.6 Å². The number of aliphatic hydroxyl groups is 1. The average Bonchev–Trinajstić information content (AvgIpc) is 3.06. The van der Waals surface area contributed by atoms with Gasteiger partial charge in [-0.1, -0.05) is 25.5 Å². The van der Waals surface area contributed by atoms with Gasteiger partial charge in [0.05, 0.1) is 11.5 Å². The van der Waals surface area contributed by atoms with Crippen molar-refractivity contribution in [1.29, 1.82) is 0 Å². The average molecular weight is 269 g/mol. The fourth-order valence-electron chi connectivity index (χ4n) is 2.23. The maximum Gasteiger partial charge on any atom is 0.241 e. The van der Waals surface area contributed by atoms with Crippen LogP contribution in [0.1, 0.15) is 30.9 Å². The van der Waals surface area contributed by atoms with Gasteiger partial charge in [-0.3, -0.25) is 0 Å². The van der Waals surface area contributed by atoms with E-state index in [1.807, 2.05) is 0 Å². The van der Waals surface area contributed by atoms with E-state index in [0.29, 0.717) is 17.0 Å². The highest BCUT2D eigenvalue weighted by molar-refractivity contribution is 7.89. The summed E-state index contributed by atoms with van der Waals surface area (Å²) in [4.78, 5) is 0.274. The highest BCUT2D eigenvalue weighted by Gasteiger charge is 2.38. The van der Waals surface area contributed by atoms with Crippen LogP contribution in [-0.4, -0.2) is 19.6 Å². The van der Waals surface area contributed by atoms with Crippen molar-refractivity contribution in [2.24, 2.45) is 5.92 Å². The first-order chi connectivity index (χ1) is 8.49. The van der Waals surface area contributed by atoms with E-state index in [1.54, 1.807) is 25.1 Å². The molecule has 0 amide bonds. The second-order valence-corrected chi connectivity index (χ2v) is 6.51. The number of sulfonamides is 1. The monoisotopic (exact) mass is 269 g/mol. The maximum absolute atomic E-state index is 12.2. The zero-order valence-electron chi connectivity index (χ0n) is 10.7. The number of nitrogens with one attached hydrogen (secondary N) is 1. The number of benzene rings is 1. The molecule has 2 N–H and O–H groups in total. The number of hydrogen-bond donors (Lipinski definition) is 2. The largest absolute Gasteiger partial charge is 0.392 e. The van der Waals surface area contributed by atoms with Crippen LogP contribution in [0.3, 0.4) is 0 Å². The van der Waals surface area contributed by atoms with Gasteiger partial charge < -0.3 is 5.11 Å². The summed E-state index contributed by atoms with van der Waals surface area (Å²) in [6.07, 6.45) is 1.93. The zero-order chi connectivity index (χ0) is 13.3. The zero-order valence-corrected chi connectivity index (χ0v) is 11.5. The third kappa shape index (κ3) is 2.58. The minimum Gasteiger partial charge on any atom is -0.392 e. The van der Waals surface area contributed by atoms with Crippen LogP contribution < -0.4 is 4.72 Å². The summed E-state index contributed by atoms with van der Waals surface area (Å²) in [5.74, 6) is 0.473. The lowest BCUT2D eigenvalue weighted by atomic mass is 10.1. The van der Waals surface area contributed by atoms with Crippen LogP contribution >= 0.6 is 0 Å². The van der Waals surface area contributed by atoms with Crippen LogP contribution in [0.15, 0.2) is 23.1 Å². The van der Waals surface area contributed by atoms with E-state index in [4.69, 9.17) is 5.11 Å². The van der Waals surface area contributed by atoms with Crippen molar-refractivity contribution in [1.82, 2.24) is 4.72 Å². The van der Waals surface area contributed by atoms with Gasteiger partial charge in [0.2, 0.25) is 10.0 Å². The highest BCUT2D eigenvalue weighted by atomic mass is 32.2. The molecule has 2 atom stereocenters. The van der Waals surface area contributed by atoms with Gasteiger partial charge in [-0.25, -0.2) is 13.1 Å². The number of hydrogen-bond acceptors (Lipinski definition) is 3. The molecule has 100 valence electrons. The van der Waals surface area contributed by atoms with Gasteiger partial charge in [0.25, 0.3) is 0 Å². The molecule has 0 aliphatic heterocycles. The second kappa shape index (κ2) is 4.99. The summed E-state index contributed by atoms with van der Waals surface area (Å²) < 4.78 is 27.2. The van der Waals surface area contributed by atoms with Crippen molar-refractivity contribution in [3.8, 4) is 0 Å². The van der Waals surface area contributed by atoms with Gasteiger partial charge in [0, 0.05) is 6.04 Å². The molecule has 0 heterocycles. The van der Waals surface area contributed by atoms with Crippen LogP contribution in [-0.2, 0) is 16.6 Å². The van der Waals surface area contributed by atoms with Crippen LogP contribution in [0.25, 0.3) is 0 Å². The lowest BCUT2D eigenvalue weighted by Gasteiger charge is -2.11. The summed E-state index contributed by atoms with van der Waals surface area (Å²) in [5.41, 5.74) is 1.28. The first-order valence-electron chi connectivity index (χ1n) is 6.21. The van der Waals surface area contributed by atoms with Gasteiger partial charge >= 0.3 is 0 Å². The molecule has 1 aliphatic carbocycles. The first-order valence-corrected chi connectivity index (χ1v) is 7.69. The number of rotatable bonds is 5. The van der Waals surface area contributed by atoms with Crippen LogP contribution in [0.5, 0.6) is 0 Å². The molecule has 18 heavy (non-hydrogen) atoms. The fraction of sp³-hybridized carbons (Fsp3) is 0.538. The predicted molar refractivity (Wildman–Crippen MR) is 69.6 cm³/mol. The first kappa shape index (κ1) is 13.5. The Labute approximate surface area is 108 Å². The molecular weight excluding hydrogens is 250 g/mol. The molecule has 0 spiro atoms. The Bertz CT molecular complexity index is 539. The van der Waals surface area contributed by atoms with E-state index in [-0.39, 0.29) is 17.5 Å². The summed E-state index contributed by atoms with van der Waals surface area (Å²) in [5, 5.41) is 9.17. The molecule has 0 bridgehead atoms. The fourth-order valence-corrected chi connectivity index (χ4v) is 3.83. The molecule has 1 aliphatic rings. The molecular formula is C13H19NO3S. The maximum atomic E-state index is 12.2. The van der Waals surface area contributed by atoms with E-state index in [1.165, 1.54) is 0 Å². The summed E-state index contributed by atoms with van der Waals surface area (Å²) >= 11 is 0. The van der Waals surface area contributed by atoms with Crippen molar-refractivity contribution >= 4 is 10.0 Å². The summed E-state index contributed by atoms with van der Waals surface area (Å²) in [6, 6.07) is 5.06. The van der Waals surface area contributed by atoms with Crippen LogP contribution in [0.2, 0.25) is 0 Å². The molecule has 2 rings (SSSR count). The second-order valence-electron chi connectivity index (χ2n) is 4.83. The lowest BCUT2D eigenvalue weighted by molar-refractivity contribution is 0.280. The molecule has 1 aromatic carbocycles. The summed E-state index contributed by atoms with van der Waals surface area (Å²) in [6.45, 7) is 3.65. The van der Waals surface area contributed by atoms with Gasteiger partial charge in [0.1, 0.15) is 0 Å². The molecule has 0 radical (unpaired) electrons. The Morgan fingerprint density at radius 1 is 1.44 bits per heavy atom. The van der Waals surface area contributed by atoms with Gasteiger partial charge in [0.15, 0.2) is 0 Å². The van der Waals surface area contributed by atoms with E-state index < -0.39 is 10.0 Å². The van der Waals surface area contributed by atoms with Crippen LogP contribution in [0, 0.1) is 12.8 Å². The molecule has 4 nitrogen and oxygen atoms in total. The van der Waals surface area contributed by atoms with Gasteiger partial charge in [-0.15, -0.1) is 0 Å². The standard InChI is InChI=1S/C13H19NO3S/c1-3-10-7-12(10)14-18(16,17)13-6-4-5-11(8-15)9(13)2/h4-6,10,12,14-15H,3,7-8H2,1-2H3. The molecule has 2 unspecified atom stereocenters. The minimum atomic E-state index is -3.46. The third-order valence-corrected chi connectivity index (χ3v) is 5.24. The van der Waals surface area contributed by atoms with Crippen molar-refractivity contribution in [3.05, 3.63) is 29.3 Å². The smallest absolute Gasteiger partial charge is 0.241 e. The van der Waals surface area contributed by atoms with Crippen molar-refractivity contribution in [3.63, 3.8) is 0 Å². The normalized spacial score (nSPS) is 23.1. The highest BCUT2D eigenvalue weighted by Crippen LogP contribution is 2.34. The Hall–Kier alpha value is -0.910. The molecule has 5 heteroatoms. The van der Waals surface area contributed by atoms with Gasteiger partial charge in [-0.2, -0.15) is 0 Å². The minimum absolute atomic E-state index is 0.0807. The Balaban J connectivity index is 2.25. The van der Waals surface area contributed by atoms with Crippen LogP contribution in [0.4, 0.5) is 0 Å². The molecule has 1 fully saturated rings. The predicted octanol–water partition coefficient (Wildman–Crippen LogP) is 1.56. The van der Waals surface area contributed by atoms with Crippen molar-refractivity contribution in [2.75, 3.05) is 0 Å². The third-order valence-electron chi connectivity index (χ3n) is 3.61. The number of aliphatic hydroxyl groups excluding tert-OH is 1. The topological polar surface area (TPSA) is 66.4 Å². The van der Waals surface area contributed by atoms with Gasteiger partial charge in [-0.05, 0) is 36.5 Å². The Morgan fingerprint density at radius 3 is 2.72 bits per heavy atom. The lowest BCUT2D eigenvalue weighted by Crippen LogP contribution is -2.27. The molecule has 1 saturated carbocycles. The SMILES string of the molecule is CCC1CC1NS(=O)(=O)c1cccc(CO)c1C. The Morgan fingerprint density at radius 2 is 2.17 bits per heavy atom. The van der Waals surface area contributed by atoms with E-state index in [9.17, 15) is 8.42 Å². The quantitative estimate of drug-likeness (QED) is 0.852. The Kier molecular flexibility index (Phi) is 3.75. The van der Waals surface area contributed by atoms with E-state index in [0.717, 1.165) is 12.8 Å². The molecule has 0 aromatic heterocycles. The molecule has 0 saturated heterocycles. The summed E-state index contributed by atoms with van der Waals surface area (Å²) in [7, 11) is -3.46. The van der Waals surface area contributed by atoms with E-state index >= 15 is 0 Å². The van der Waals surface area contributed by atoms with Crippen molar-refractivity contribution in [2.45, 2.75) is 44.2 Å². The van der Waals surface area contributed by atoms with Crippen molar-refractivity contribution < 1.29 is 13.5 Å². The molecule has 1 aromatic rings.